The van der Waals surface area contributed by atoms with Crippen molar-refractivity contribution in [3.63, 3.8) is 0 Å². The van der Waals surface area contributed by atoms with E-state index in [-0.39, 0.29) is 37.0 Å². The summed E-state index contributed by atoms with van der Waals surface area (Å²) < 4.78 is 34.4. The SMILES string of the molecule is COc1ccc(/C=C\c2cc(OC)c3c(c2)OCO3)cc1N(C(=O)OCC1c2ccccc2-c2ccccc21)C(=O)[C@@H](N)Cc1ccc(OC(C)(C)C)cc1. The first-order valence-corrected chi connectivity index (χ1v) is 18.1. The molecule has 10 nitrogen and oxygen atoms in total. The summed E-state index contributed by atoms with van der Waals surface area (Å²) in [5.41, 5.74) is 13.0. The van der Waals surface area contributed by atoms with Gasteiger partial charge in [-0.2, -0.15) is 0 Å². The maximum atomic E-state index is 14.4. The van der Waals surface area contributed by atoms with Crippen LogP contribution in [-0.4, -0.2) is 51.3 Å². The molecule has 1 heterocycles. The van der Waals surface area contributed by atoms with E-state index in [9.17, 15) is 9.59 Å². The summed E-state index contributed by atoms with van der Waals surface area (Å²) in [6.07, 6.45) is 3.02. The molecule has 0 saturated carbocycles. The molecule has 2 aliphatic rings. The van der Waals surface area contributed by atoms with Crippen LogP contribution < -0.4 is 34.3 Å². The van der Waals surface area contributed by atoms with Gasteiger partial charge in [-0.15, -0.1) is 0 Å². The number of nitrogens with two attached hydrogens (primary N) is 1. The second-order valence-corrected chi connectivity index (χ2v) is 14.4. The van der Waals surface area contributed by atoms with E-state index in [1.807, 2.05) is 112 Å². The Bertz CT molecular complexity index is 2200. The van der Waals surface area contributed by atoms with Crippen LogP contribution in [0.2, 0.25) is 0 Å². The maximum absolute atomic E-state index is 14.4. The number of carbonyl (C=O) groups is 2. The van der Waals surface area contributed by atoms with Crippen LogP contribution in [0.4, 0.5) is 10.5 Å². The van der Waals surface area contributed by atoms with Gasteiger partial charge in [0.15, 0.2) is 11.5 Å². The molecule has 0 aromatic heterocycles. The number of imide groups is 1. The lowest BCUT2D eigenvalue weighted by Crippen LogP contribution is -2.48. The molecule has 1 aliphatic carbocycles. The van der Waals surface area contributed by atoms with Crippen LogP contribution in [0, 0.1) is 0 Å². The van der Waals surface area contributed by atoms with E-state index in [0.717, 1.165) is 38.3 Å². The number of benzene rings is 5. The Morgan fingerprint density at radius 3 is 2.13 bits per heavy atom. The first-order valence-electron chi connectivity index (χ1n) is 18.1. The molecule has 10 heteroatoms. The van der Waals surface area contributed by atoms with Crippen molar-refractivity contribution in [1.82, 2.24) is 0 Å². The van der Waals surface area contributed by atoms with Crippen LogP contribution >= 0.6 is 0 Å². The van der Waals surface area contributed by atoms with Gasteiger partial charge in [-0.05, 0) is 103 Å². The number of nitrogens with zero attached hydrogens (tertiary/aromatic N) is 1. The Kier molecular flexibility index (Phi) is 10.5. The quantitative estimate of drug-likeness (QED) is 0.133. The summed E-state index contributed by atoms with van der Waals surface area (Å²) in [4.78, 5) is 29.8. The maximum Gasteiger partial charge on any atom is 0.421 e. The molecule has 0 bridgehead atoms. The minimum absolute atomic E-state index is 0.00890. The zero-order valence-corrected chi connectivity index (χ0v) is 31.5. The van der Waals surface area contributed by atoms with E-state index in [4.69, 9.17) is 34.2 Å². The predicted molar refractivity (Wildman–Crippen MR) is 212 cm³/mol. The molecule has 1 aliphatic heterocycles. The highest BCUT2D eigenvalue weighted by atomic mass is 16.7. The standard InChI is InChI=1S/C45H44N2O8/c1-45(2,3)55-31-19-16-28(17-20-31)22-37(46)43(48)47(44(49)52-26-36-34-12-8-6-10-32(34)33-11-7-9-13-35(33)36)38-23-29(18-21-39(38)50-4)14-15-30-24-40(51-5)42-41(25-30)53-27-54-42/h6-21,23-25,36-37H,22,26-27,46H2,1-5H3/b15-14-/t37-/m0/s1. The van der Waals surface area contributed by atoms with Gasteiger partial charge in [0.05, 0.1) is 25.9 Å². The number of hydrogen-bond donors (Lipinski definition) is 1. The molecule has 7 rings (SSSR count). The molecule has 0 spiro atoms. The fourth-order valence-electron chi connectivity index (χ4n) is 6.94. The minimum atomic E-state index is -1.10. The molecule has 55 heavy (non-hydrogen) atoms. The average molecular weight is 741 g/mol. The Morgan fingerprint density at radius 2 is 1.47 bits per heavy atom. The smallest absolute Gasteiger partial charge is 0.421 e. The predicted octanol–water partition coefficient (Wildman–Crippen LogP) is 8.63. The molecule has 2 amide bonds. The van der Waals surface area contributed by atoms with Crippen molar-refractivity contribution in [3.8, 4) is 39.9 Å². The average Bonchev–Trinajstić information content (AvgIpc) is 3.79. The summed E-state index contributed by atoms with van der Waals surface area (Å²) in [7, 11) is 3.05. The molecular formula is C45H44N2O8. The van der Waals surface area contributed by atoms with Crippen molar-refractivity contribution in [1.29, 1.82) is 0 Å². The third kappa shape index (κ3) is 8.00. The number of hydrogen-bond acceptors (Lipinski definition) is 9. The van der Waals surface area contributed by atoms with Gasteiger partial charge in [-0.1, -0.05) is 78.9 Å². The minimum Gasteiger partial charge on any atom is -0.495 e. The summed E-state index contributed by atoms with van der Waals surface area (Å²) in [6, 6.07) is 31.4. The van der Waals surface area contributed by atoms with Crippen LogP contribution in [0.5, 0.6) is 28.7 Å². The molecule has 282 valence electrons. The van der Waals surface area contributed by atoms with Gasteiger partial charge in [0.1, 0.15) is 23.7 Å². The monoisotopic (exact) mass is 740 g/mol. The molecule has 0 unspecified atom stereocenters. The van der Waals surface area contributed by atoms with E-state index in [2.05, 4.69) is 12.1 Å². The van der Waals surface area contributed by atoms with Gasteiger partial charge in [0.2, 0.25) is 12.5 Å². The van der Waals surface area contributed by atoms with E-state index >= 15 is 0 Å². The molecule has 5 aromatic carbocycles. The lowest BCUT2D eigenvalue weighted by Gasteiger charge is -2.26. The van der Waals surface area contributed by atoms with Gasteiger partial charge >= 0.3 is 6.09 Å². The van der Waals surface area contributed by atoms with Crippen molar-refractivity contribution in [3.05, 3.63) is 131 Å². The van der Waals surface area contributed by atoms with E-state index in [1.54, 1.807) is 19.2 Å². The summed E-state index contributed by atoms with van der Waals surface area (Å²) in [5, 5.41) is 0. The number of anilines is 1. The second-order valence-electron chi connectivity index (χ2n) is 14.4. The Morgan fingerprint density at radius 1 is 0.818 bits per heavy atom. The van der Waals surface area contributed by atoms with Gasteiger partial charge in [-0.3, -0.25) is 4.79 Å². The number of ether oxygens (including phenoxy) is 6. The molecule has 0 saturated heterocycles. The number of carbonyl (C=O) groups excluding carboxylic acids is 2. The number of rotatable bonds is 11. The summed E-state index contributed by atoms with van der Waals surface area (Å²) >= 11 is 0. The number of methoxy groups -OCH3 is 2. The Labute approximate surface area is 321 Å². The van der Waals surface area contributed by atoms with Crippen LogP contribution in [0.1, 0.15) is 54.5 Å². The van der Waals surface area contributed by atoms with Crippen molar-refractivity contribution in [2.24, 2.45) is 5.73 Å². The number of amides is 2. The van der Waals surface area contributed by atoms with E-state index in [1.165, 1.54) is 7.11 Å². The van der Waals surface area contributed by atoms with Gasteiger partial charge in [0, 0.05) is 5.92 Å². The first kappa shape index (κ1) is 37.1. The Hall–Kier alpha value is -6.26. The van der Waals surface area contributed by atoms with Gasteiger partial charge in [0.25, 0.3) is 5.91 Å². The van der Waals surface area contributed by atoms with Crippen molar-refractivity contribution in [2.45, 2.75) is 44.8 Å². The topological polar surface area (TPSA) is 119 Å². The molecule has 0 fully saturated rings. The summed E-state index contributed by atoms with van der Waals surface area (Å²) in [6.45, 7) is 6.04. The highest BCUT2D eigenvalue weighted by Gasteiger charge is 2.35. The van der Waals surface area contributed by atoms with Gasteiger partial charge < -0.3 is 34.2 Å². The molecular weight excluding hydrogens is 697 g/mol. The van der Waals surface area contributed by atoms with Crippen LogP contribution in [0.15, 0.2) is 103 Å². The first-order chi connectivity index (χ1) is 26.5. The van der Waals surface area contributed by atoms with Crippen molar-refractivity contribution >= 4 is 29.8 Å². The van der Waals surface area contributed by atoms with Crippen molar-refractivity contribution < 1.29 is 38.0 Å². The normalized spacial score (nSPS) is 13.6. The van der Waals surface area contributed by atoms with Crippen LogP contribution in [-0.2, 0) is 16.0 Å². The highest BCUT2D eigenvalue weighted by Crippen LogP contribution is 2.45. The fraction of sp³-hybridized carbons (Fsp3) is 0.244. The third-order valence-electron chi connectivity index (χ3n) is 9.45. The molecule has 5 aromatic rings. The zero-order valence-electron chi connectivity index (χ0n) is 31.5. The van der Waals surface area contributed by atoms with Crippen LogP contribution in [0.3, 0.4) is 0 Å². The highest BCUT2D eigenvalue weighted by molar-refractivity contribution is 6.15. The van der Waals surface area contributed by atoms with Gasteiger partial charge in [-0.25, -0.2) is 9.69 Å². The fourth-order valence-corrected chi connectivity index (χ4v) is 6.94. The molecule has 0 radical (unpaired) electrons. The number of fused-ring (bicyclic) bond motifs is 4. The summed E-state index contributed by atoms with van der Waals surface area (Å²) in [5.74, 6) is 1.80. The van der Waals surface area contributed by atoms with Crippen molar-refractivity contribution in [2.75, 3.05) is 32.5 Å². The molecule has 2 N–H and O–H groups in total. The largest absolute Gasteiger partial charge is 0.495 e. The molecule has 1 atom stereocenters. The second kappa shape index (κ2) is 15.6. The lowest BCUT2D eigenvalue weighted by atomic mass is 9.98. The zero-order chi connectivity index (χ0) is 38.7. The van der Waals surface area contributed by atoms with E-state index in [0.29, 0.717) is 34.3 Å². The Balaban J connectivity index is 1.19. The van der Waals surface area contributed by atoms with E-state index < -0.39 is 18.0 Å². The van der Waals surface area contributed by atoms with Crippen LogP contribution in [0.25, 0.3) is 23.3 Å². The third-order valence-corrected chi connectivity index (χ3v) is 9.45. The lowest BCUT2D eigenvalue weighted by molar-refractivity contribution is -0.119.